The highest BCUT2D eigenvalue weighted by molar-refractivity contribution is 7.99. The number of hydrogen-bond acceptors (Lipinski definition) is 4. The van der Waals surface area contributed by atoms with Gasteiger partial charge in [-0.05, 0) is 25.2 Å². The highest BCUT2D eigenvalue weighted by Crippen LogP contribution is 2.28. The topological polar surface area (TPSA) is 52.7 Å². The molecular formula is C18H31N3O2S. The van der Waals surface area contributed by atoms with Crippen molar-refractivity contribution in [2.75, 3.05) is 44.2 Å². The summed E-state index contributed by atoms with van der Waals surface area (Å²) in [6, 6.07) is 0.319. The van der Waals surface area contributed by atoms with Gasteiger partial charge in [0.15, 0.2) is 0 Å². The maximum atomic E-state index is 12.5. The first kappa shape index (κ1) is 18.1. The Hall–Kier alpha value is -0.750. The normalized spacial score (nSPS) is 26.4. The summed E-state index contributed by atoms with van der Waals surface area (Å²) in [5.41, 5.74) is 0. The summed E-state index contributed by atoms with van der Waals surface area (Å²) in [6.07, 6.45) is 7.24. The Bertz CT molecular complexity index is 434. The van der Waals surface area contributed by atoms with Gasteiger partial charge in [-0.25, -0.2) is 0 Å². The van der Waals surface area contributed by atoms with Crippen molar-refractivity contribution in [3.63, 3.8) is 0 Å². The van der Waals surface area contributed by atoms with Crippen LogP contribution in [0.2, 0.25) is 0 Å². The molecule has 0 aromatic heterocycles. The molecule has 1 unspecified atom stereocenters. The van der Waals surface area contributed by atoms with Crippen LogP contribution in [0.1, 0.15) is 44.9 Å². The van der Waals surface area contributed by atoms with Gasteiger partial charge in [-0.2, -0.15) is 11.8 Å². The molecule has 2 heterocycles. The maximum Gasteiger partial charge on any atom is 0.224 e. The van der Waals surface area contributed by atoms with Crippen LogP contribution in [0.3, 0.4) is 0 Å². The molecule has 0 radical (unpaired) electrons. The molecule has 3 aliphatic rings. The molecule has 1 N–H and O–H groups in total. The van der Waals surface area contributed by atoms with Crippen LogP contribution in [-0.2, 0) is 9.59 Å². The van der Waals surface area contributed by atoms with Crippen LogP contribution in [0.25, 0.3) is 0 Å². The summed E-state index contributed by atoms with van der Waals surface area (Å²) in [6.45, 7) is 4.03. The first-order valence-corrected chi connectivity index (χ1v) is 10.7. The molecular weight excluding hydrogens is 322 g/mol. The van der Waals surface area contributed by atoms with Crippen molar-refractivity contribution in [1.29, 1.82) is 0 Å². The number of nitrogens with one attached hydrogen (secondary N) is 1. The molecule has 0 aromatic rings. The van der Waals surface area contributed by atoms with Gasteiger partial charge in [-0.15, -0.1) is 0 Å². The van der Waals surface area contributed by atoms with Crippen LogP contribution in [0.5, 0.6) is 0 Å². The van der Waals surface area contributed by atoms with Crippen molar-refractivity contribution in [3.8, 4) is 0 Å². The van der Waals surface area contributed by atoms with E-state index in [2.05, 4.69) is 5.32 Å². The van der Waals surface area contributed by atoms with Gasteiger partial charge in [0.2, 0.25) is 11.8 Å². The zero-order valence-corrected chi connectivity index (χ0v) is 15.5. The molecule has 1 aliphatic carbocycles. The molecule has 1 atom stereocenters. The van der Waals surface area contributed by atoms with E-state index in [9.17, 15) is 9.59 Å². The fourth-order valence-electron chi connectivity index (χ4n) is 4.10. The number of rotatable bonds is 4. The summed E-state index contributed by atoms with van der Waals surface area (Å²) >= 11 is 1.93. The Morgan fingerprint density at radius 2 is 1.58 bits per heavy atom. The quantitative estimate of drug-likeness (QED) is 0.836. The molecule has 1 saturated carbocycles. The van der Waals surface area contributed by atoms with Crippen molar-refractivity contribution in [2.45, 2.75) is 51.0 Å². The summed E-state index contributed by atoms with van der Waals surface area (Å²) in [4.78, 5) is 29.0. The SMILES string of the molecule is O=C(CC1CCCC1)N1CCCN(C(=O)CC2CSCCN2)CC1. The van der Waals surface area contributed by atoms with E-state index < -0.39 is 0 Å². The smallest absolute Gasteiger partial charge is 0.224 e. The number of carbonyl (C=O) groups excluding carboxylic acids is 2. The third kappa shape index (κ3) is 5.12. The molecule has 2 aliphatic heterocycles. The Kier molecular flexibility index (Phi) is 6.84. The maximum absolute atomic E-state index is 12.5. The average molecular weight is 354 g/mol. The lowest BCUT2D eigenvalue weighted by atomic mass is 10.0. The zero-order valence-electron chi connectivity index (χ0n) is 14.7. The Labute approximate surface area is 149 Å². The van der Waals surface area contributed by atoms with Crippen molar-refractivity contribution in [2.24, 2.45) is 5.92 Å². The predicted molar refractivity (Wildman–Crippen MR) is 98.1 cm³/mol. The molecule has 2 amide bonds. The van der Waals surface area contributed by atoms with E-state index >= 15 is 0 Å². The van der Waals surface area contributed by atoms with Crippen LogP contribution in [-0.4, -0.2) is 71.9 Å². The second-order valence-corrected chi connectivity index (χ2v) is 8.55. The third-order valence-corrected chi connectivity index (χ3v) is 6.69. The molecule has 3 fully saturated rings. The molecule has 0 spiro atoms. The molecule has 0 aromatic carbocycles. The van der Waals surface area contributed by atoms with Gasteiger partial charge in [0, 0.05) is 63.1 Å². The average Bonchev–Trinajstić information content (AvgIpc) is 2.96. The first-order chi connectivity index (χ1) is 11.7. The Morgan fingerprint density at radius 1 is 0.917 bits per heavy atom. The fourth-order valence-corrected chi connectivity index (χ4v) is 5.05. The minimum Gasteiger partial charge on any atom is -0.341 e. The van der Waals surface area contributed by atoms with Crippen molar-refractivity contribution < 1.29 is 9.59 Å². The molecule has 2 saturated heterocycles. The lowest BCUT2D eigenvalue weighted by Crippen LogP contribution is -2.43. The largest absolute Gasteiger partial charge is 0.341 e. The predicted octanol–water partition coefficient (Wildman–Crippen LogP) is 1.72. The molecule has 6 heteroatoms. The highest BCUT2D eigenvalue weighted by Gasteiger charge is 2.26. The van der Waals surface area contributed by atoms with Gasteiger partial charge < -0.3 is 15.1 Å². The van der Waals surface area contributed by atoms with Gasteiger partial charge >= 0.3 is 0 Å². The molecule has 3 rings (SSSR count). The van der Waals surface area contributed by atoms with E-state index in [1.165, 1.54) is 25.7 Å². The second-order valence-electron chi connectivity index (χ2n) is 7.40. The summed E-state index contributed by atoms with van der Waals surface area (Å²) in [7, 11) is 0. The van der Waals surface area contributed by atoms with Crippen LogP contribution in [0.4, 0.5) is 0 Å². The number of nitrogens with zero attached hydrogens (tertiary/aromatic N) is 2. The van der Waals surface area contributed by atoms with E-state index in [0.717, 1.165) is 44.0 Å². The Balaban J connectivity index is 1.43. The van der Waals surface area contributed by atoms with Crippen LogP contribution in [0, 0.1) is 5.92 Å². The lowest BCUT2D eigenvalue weighted by molar-refractivity contribution is -0.134. The first-order valence-electron chi connectivity index (χ1n) is 9.59. The second kappa shape index (κ2) is 9.09. The summed E-state index contributed by atoms with van der Waals surface area (Å²) in [5, 5.41) is 3.44. The minimum absolute atomic E-state index is 0.250. The number of hydrogen-bond donors (Lipinski definition) is 1. The van der Waals surface area contributed by atoms with E-state index in [1.54, 1.807) is 0 Å². The fraction of sp³-hybridized carbons (Fsp3) is 0.889. The third-order valence-electron chi connectivity index (χ3n) is 5.56. The monoisotopic (exact) mass is 353 g/mol. The van der Waals surface area contributed by atoms with Crippen LogP contribution in [0.15, 0.2) is 0 Å². The van der Waals surface area contributed by atoms with Crippen molar-refractivity contribution in [3.05, 3.63) is 0 Å². The molecule has 5 nitrogen and oxygen atoms in total. The number of carbonyl (C=O) groups is 2. The van der Waals surface area contributed by atoms with Crippen LogP contribution < -0.4 is 5.32 Å². The van der Waals surface area contributed by atoms with Crippen LogP contribution >= 0.6 is 11.8 Å². The molecule has 0 bridgehead atoms. The van der Waals surface area contributed by atoms with Gasteiger partial charge in [0.05, 0.1) is 0 Å². The number of thioether (sulfide) groups is 1. The molecule has 24 heavy (non-hydrogen) atoms. The van der Waals surface area contributed by atoms with Crippen molar-refractivity contribution in [1.82, 2.24) is 15.1 Å². The number of amides is 2. The zero-order chi connectivity index (χ0) is 16.8. The Morgan fingerprint density at radius 3 is 2.21 bits per heavy atom. The van der Waals surface area contributed by atoms with E-state index in [1.807, 2.05) is 21.6 Å². The van der Waals surface area contributed by atoms with Crippen molar-refractivity contribution >= 4 is 23.6 Å². The highest BCUT2D eigenvalue weighted by atomic mass is 32.2. The van der Waals surface area contributed by atoms with E-state index in [-0.39, 0.29) is 5.91 Å². The summed E-state index contributed by atoms with van der Waals surface area (Å²) < 4.78 is 0. The minimum atomic E-state index is 0.250. The van der Waals surface area contributed by atoms with Gasteiger partial charge in [0.1, 0.15) is 0 Å². The van der Waals surface area contributed by atoms with Gasteiger partial charge in [0.25, 0.3) is 0 Å². The van der Waals surface area contributed by atoms with Gasteiger partial charge in [-0.3, -0.25) is 9.59 Å². The summed E-state index contributed by atoms with van der Waals surface area (Å²) in [5.74, 6) is 3.34. The van der Waals surface area contributed by atoms with E-state index in [4.69, 9.17) is 0 Å². The standard InChI is InChI=1S/C18H31N3O2S/c22-17(12-15-4-1-2-5-15)20-7-3-8-21(10-9-20)18(23)13-16-14-24-11-6-19-16/h15-16,19H,1-14H2. The lowest BCUT2D eigenvalue weighted by Gasteiger charge is -2.27. The van der Waals surface area contributed by atoms with E-state index in [0.29, 0.717) is 37.4 Å². The van der Waals surface area contributed by atoms with Gasteiger partial charge in [-0.1, -0.05) is 12.8 Å². The molecule has 136 valence electrons.